The molecule has 26 heavy (non-hydrogen) atoms. The molecule has 4 aromatic rings. The van der Waals surface area contributed by atoms with E-state index < -0.39 is 0 Å². The van der Waals surface area contributed by atoms with Crippen LogP contribution < -0.4 is 5.32 Å². The molecule has 0 bridgehead atoms. The van der Waals surface area contributed by atoms with Crippen molar-refractivity contribution in [2.45, 2.75) is 20.4 Å². The third kappa shape index (κ3) is 2.99. The number of thiophene rings is 1. The number of pyridine rings is 1. The Kier molecular flexibility index (Phi) is 4.26. The molecule has 0 fully saturated rings. The lowest BCUT2D eigenvalue weighted by Gasteiger charge is -2.09. The van der Waals surface area contributed by atoms with Gasteiger partial charge in [0.05, 0.1) is 12.1 Å². The van der Waals surface area contributed by atoms with Crippen LogP contribution in [0.3, 0.4) is 0 Å². The minimum Gasteiger partial charge on any atom is -0.347 e. The number of hydrogen-bond donors (Lipinski definition) is 1. The molecule has 0 atom stereocenters. The van der Waals surface area contributed by atoms with Crippen LogP contribution in [0.4, 0.5) is 0 Å². The number of aryl methyl sites for hydroxylation is 2. The first-order chi connectivity index (χ1) is 12.6. The maximum absolute atomic E-state index is 12.5. The fourth-order valence-corrected chi connectivity index (χ4v) is 3.69. The first kappa shape index (κ1) is 16.5. The van der Waals surface area contributed by atoms with Crippen LogP contribution >= 0.6 is 11.3 Å². The van der Waals surface area contributed by atoms with Crippen LogP contribution in [0.5, 0.6) is 0 Å². The predicted octanol–water partition coefficient (Wildman–Crippen LogP) is 4.00. The van der Waals surface area contributed by atoms with Gasteiger partial charge in [-0.2, -0.15) is 0 Å². The van der Waals surface area contributed by atoms with E-state index in [-0.39, 0.29) is 5.91 Å². The van der Waals surface area contributed by atoms with Gasteiger partial charge in [0.1, 0.15) is 0 Å². The van der Waals surface area contributed by atoms with E-state index in [4.69, 9.17) is 0 Å². The van der Waals surface area contributed by atoms with Crippen LogP contribution in [0.1, 0.15) is 26.4 Å². The number of nitrogens with one attached hydrogen (secondary N) is 1. The second-order valence-electron chi connectivity index (χ2n) is 6.20. The molecule has 5 nitrogen and oxygen atoms in total. The maximum Gasteiger partial charge on any atom is 0.253 e. The number of benzene rings is 1. The normalized spacial score (nSPS) is 11.0. The molecule has 3 heterocycles. The molecule has 1 N–H and O–H groups in total. The first-order valence-corrected chi connectivity index (χ1v) is 9.23. The van der Waals surface area contributed by atoms with Gasteiger partial charge in [-0.1, -0.05) is 24.3 Å². The minimum atomic E-state index is -0.110. The Morgan fingerprint density at radius 1 is 1.08 bits per heavy atom. The molecule has 4 rings (SSSR count). The van der Waals surface area contributed by atoms with Gasteiger partial charge in [-0.15, -0.1) is 21.5 Å². The van der Waals surface area contributed by atoms with Crippen molar-refractivity contribution < 1.29 is 4.79 Å². The van der Waals surface area contributed by atoms with Crippen LogP contribution in [-0.2, 0) is 6.54 Å². The second kappa shape index (κ2) is 6.72. The average molecular weight is 362 g/mol. The molecule has 0 aliphatic carbocycles. The zero-order chi connectivity index (χ0) is 18.1. The summed E-state index contributed by atoms with van der Waals surface area (Å²) >= 11 is 1.63. The monoisotopic (exact) mass is 362 g/mol. The molecule has 3 aromatic heterocycles. The SMILES string of the molecule is Cc1cccc(C)c1-c1nnc2ccc(C(=O)NCc3cccs3)cn12. The highest BCUT2D eigenvalue weighted by Crippen LogP contribution is 2.26. The Morgan fingerprint density at radius 2 is 1.88 bits per heavy atom. The van der Waals surface area contributed by atoms with Gasteiger partial charge in [0.25, 0.3) is 5.91 Å². The molecule has 0 spiro atoms. The summed E-state index contributed by atoms with van der Waals surface area (Å²) in [4.78, 5) is 13.7. The standard InChI is InChI=1S/C20H18N4OS/c1-13-5-3-6-14(2)18(13)19-23-22-17-9-8-15(12-24(17)19)20(25)21-11-16-7-4-10-26-16/h3-10,12H,11H2,1-2H3,(H,21,25). The van der Waals surface area contributed by atoms with Crippen LogP contribution in [-0.4, -0.2) is 20.5 Å². The Morgan fingerprint density at radius 3 is 2.62 bits per heavy atom. The van der Waals surface area contributed by atoms with Crippen molar-refractivity contribution in [1.82, 2.24) is 19.9 Å². The Hall–Kier alpha value is -2.99. The van der Waals surface area contributed by atoms with E-state index in [1.807, 2.05) is 34.0 Å². The van der Waals surface area contributed by atoms with E-state index in [1.165, 1.54) is 0 Å². The largest absolute Gasteiger partial charge is 0.347 e. The summed E-state index contributed by atoms with van der Waals surface area (Å²) in [5, 5.41) is 13.6. The van der Waals surface area contributed by atoms with Gasteiger partial charge in [0.2, 0.25) is 0 Å². The van der Waals surface area contributed by atoms with Gasteiger partial charge in [0.15, 0.2) is 11.5 Å². The van der Waals surface area contributed by atoms with Gasteiger partial charge in [-0.3, -0.25) is 9.20 Å². The van der Waals surface area contributed by atoms with Crippen molar-refractivity contribution in [3.05, 3.63) is 75.6 Å². The number of hydrogen-bond acceptors (Lipinski definition) is 4. The molecule has 6 heteroatoms. The van der Waals surface area contributed by atoms with Crippen LogP contribution in [0.2, 0.25) is 0 Å². The van der Waals surface area contributed by atoms with Crippen molar-refractivity contribution >= 4 is 22.9 Å². The number of aromatic nitrogens is 3. The van der Waals surface area contributed by atoms with Crippen LogP contribution in [0, 0.1) is 13.8 Å². The van der Waals surface area contributed by atoms with Crippen molar-refractivity contribution in [2.75, 3.05) is 0 Å². The summed E-state index contributed by atoms with van der Waals surface area (Å²) in [5.74, 6) is 0.643. The number of nitrogens with zero attached hydrogens (tertiary/aromatic N) is 3. The summed E-state index contributed by atoms with van der Waals surface area (Å²) in [6, 6.07) is 13.7. The molecule has 0 aliphatic rings. The Bertz CT molecular complexity index is 1060. The third-order valence-electron chi connectivity index (χ3n) is 4.37. The molecule has 130 valence electrons. The minimum absolute atomic E-state index is 0.110. The highest BCUT2D eigenvalue weighted by atomic mass is 32.1. The highest BCUT2D eigenvalue weighted by molar-refractivity contribution is 7.09. The lowest BCUT2D eigenvalue weighted by Crippen LogP contribution is -2.22. The Balaban J connectivity index is 1.69. The fourth-order valence-electron chi connectivity index (χ4n) is 3.05. The summed E-state index contributed by atoms with van der Waals surface area (Å²) in [5.41, 5.74) is 4.62. The van der Waals surface area contributed by atoms with Gasteiger partial charge >= 0.3 is 0 Å². The van der Waals surface area contributed by atoms with E-state index in [0.29, 0.717) is 12.1 Å². The Labute approximate surface area is 155 Å². The molecule has 1 amide bonds. The number of fused-ring (bicyclic) bond motifs is 1. The summed E-state index contributed by atoms with van der Waals surface area (Å²) in [7, 11) is 0. The third-order valence-corrected chi connectivity index (χ3v) is 5.25. The first-order valence-electron chi connectivity index (χ1n) is 8.35. The molecular weight excluding hydrogens is 344 g/mol. The van der Waals surface area contributed by atoms with Gasteiger partial charge in [-0.25, -0.2) is 0 Å². The number of rotatable bonds is 4. The zero-order valence-electron chi connectivity index (χ0n) is 14.6. The lowest BCUT2D eigenvalue weighted by atomic mass is 10.0. The van der Waals surface area contributed by atoms with E-state index in [9.17, 15) is 4.79 Å². The molecule has 0 unspecified atom stereocenters. The fraction of sp³-hybridized carbons (Fsp3) is 0.150. The number of amides is 1. The lowest BCUT2D eigenvalue weighted by molar-refractivity contribution is 0.0951. The molecular formula is C20H18N4OS. The van der Waals surface area contributed by atoms with E-state index in [1.54, 1.807) is 23.6 Å². The summed E-state index contributed by atoms with van der Waals surface area (Å²) < 4.78 is 1.88. The van der Waals surface area contributed by atoms with Crippen molar-refractivity contribution in [2.24, 2.45) is 0 Å². The van der Waals surface area contributed by atoms with E-state index in [2.05, 4.69) is 41.5 Å². The molecule has 1 aromatic carbocycles. The zero-order valence-corrected chi connectivity index (χ0v) is 15.4. The summed E-state index contributed by atoms with van der Waals surface area (Å²) in [6.07, 6.45) is 1.81. The molecule has 0 saturated heterocycles. The topological polar surface area (TPSA) is 59.3 Å². The quantitative estimate of drug-likeness (QED) is 0.597. The van der Waals surface area contributed by atoms with Gasteiger partial charge in [0, 0.05) is 16.6 Å². The average Bonchev–Trinajstić information content (AvgIpc) is 3.29. The van der Waals surface area contributed by atoms with E-state index >= 15 is 0 Å². The van der Waals surface area contributed by atoms with Crippen molar-refractivity contribution in [1.29, 1.82) is 0 Å². The molecule has 0 radical (unpaired) electrons. The van der Waals surface area contributed by atoms with Gasteiger partial charge < -0.3 is 5.32 Å². The smallest absolute Gasteiger partial charge is 0.253 e. The predicted molar refractivity (Wildman–Crippen MR) is 103 cm³/mol. The molecule has 0 saturated carbocycles. The second-order valence-corrected chi connectivity index (χ2v) is 7.23. The maximum atomic E-state index is 12.5. The van der Waals surface area contributed by atoms with Crippen LogP contribution in [0.25, 0.3) is 17.0 Å². The van der Waals surface area contributed by atoms with Crippen molar-refractivity contribution in [3.8, 4) is 11.4 Å². The van der Waals surface area contributed by atoms with Crippen LogP contribution in [0.15, 0.2) is 54.0 Å². The summed E-state index contributed by atoms with van der Waals surface area (Å²) in [6.45, 7) is 4.64. The van der Waals surface area contributed by atoms with Crippen molar-refractivity contribution in [3.63, 3.8) is 0 Å². The number of carbonyl (C=O) groups is 1. The van der Waals surface area contributed by atoms with E-state index in [0.717, 1.165) is 33.0 Å². The highest BCUT2D eigenvalue weighted by Gasteiger charge is 2.15. The van der Waals surface area contributed by atoms with Gasteiger partial charge in [-0.05, 0) is 48.6 Å². The molecule has 0 aliphatic heterocycles. The number of carbonyl (C=O) groups excluding carboxylic acids is 1.